The normalized spacial score (nSPS) is 21.7. The lowest BCUT2D eigenvalue weighted by atomic mass is 10.1. The van der Waals surface area contributed by atoms with Crippen molar-refractivity contribution in [3.63, 3.8) is 0 Å². The van der Waals surface area contributed by atoms with Gasteiger partial charge in [0, 0.05) is 13.0 Å². The van der Waals surface area contributed by atoms with Crippen molar-refractivity contribution in [3.05, 3.63) is 0 Å². The molecule has 0 bridgehead atoms. The Balaban J connectivity index is 2.39. The molecule has 0 aromatic carbocycles. The summed E-state index contributed by atoms with van der Waals surface area (Å²) >= 11 is 0. The molecule has 1 heterocycles. The first kappa shape index (κ1) is 14.6. The molecule has 102 valence electrons. The van der Waals surface area contributed by atoms with Gasteiger partial charge in [0.1, 0.15) is 0 Å². The molecule has 6 nitrogen and oxygen atoms in total. The summed E-state index contributed by atoms with van der Waals surface area (Å²) in [7, 11) is 0. The third-order valence-corrected chi connectivity index (χ3v) is 2.77. The molecular formula is C12H21N3O3. The molecule has 0 aromatic rings. The van der Waals surface area contributed by atoms with E-state index in [1.807, 2.05) is 13.8 Å². The van der Waals surface area contributed by atoms with Gasteiger partial charge in [0.05, 0.1) is 12.1 Å². The quantitative estimate of drug-likeness (QED) is 0.580. The molecule has 0 aromatic heterocycles. The Morgan fingerprint density at radius 3 is 2.61 bits per heavy atom. The number of piperidine rings is 1. The Labute approximate surface area is 107 Å². The van der Waals surface area contributed by atoms with Crippen molar-refractivity contribution >= 4 is 17.7 Å². The van der Waals surface area contributed by atoms with Gasteiger partial charge in [0.2, 0.25) is 17.7 Å². The van der Waals surface area contributed by atoms with E-state index >= 15 is 0 Å². The van der Waals surface area contributed by atoms with Gasteiger partial charge in [-0.05, 0) is 19.3 Å². The topological polar surface area (TPSA) is 87.3 Å². The van der Waals surface area contributed by atoms with E-state index in [9.17, 15) is 14.4 Å². The zero-order chi connectivity index (χ0) is 13.7. The molecule has 1 rings (SSSR count). The van der Waals surface area contributed by atoms with E-state index in [-0.39, 0.29) is 17.7 Å². The highest BCUT2D eigenvalue weighted by Crippen LogP contribution is 2.05. The van der Waals surface area contributed by atoms with Crippen LogP contribution in [0.25, 0.3) is 0 Å². The maximum Gasteiger partial charge on any atom is 0.243 e. The number of hydrogen-bond acceptors (Lipinski definition) is 4. The van der Waals surface area contributed by atoms with Crippen LogP contribution in [0.1, 0.15) is 33.6 Å². The Morgan fingerprint density at radius 2 is 2.06 bits per heavy atom. The number of amides is 3. The van der Waals surface area contributed by atoms with Crippen molar-refractivity contribution in [3.8, 4) is 0 Å². The third-order valence-electron chi connectivity index (χ3n) is 2.77. The fraction of sp³-hybridized carbons (Fsp3) is 0.750. The first-order chi connectivity index (χ1) is 8.40. The number of carbonyl (C=O) groups is 3. The highest BCUT2D eigenvalue weighted by molar-refractivity contribution is 6.00. The maximum absolute atomic E-state index is 11.7. The minimum atomic E-state index is -0.470. The van der Waals surface area contributed by atoms with E-state index in [1.54, 1.807) is 6.92 Å². The average Bonchev–Trinajstić information content (AvgIpc) is 2.29. The molecule has 0 spiro atoms. The van der Waals surface area contributed by atoms with Gasteiger partial charge in [-0.1, -0.05) is 13.8 Å². The van der Waals surface area contributed by atoms with E-state index in [0.29, 0.717) is 25.3 Å². The van der Waals surface area contributed by atoms with Crippen molar-refractivity contribution < 1.29 is 14.4 Å². The van der Waals surface area contributed by atoms with Crippen molar-refractivity contribution in [1.82, 2.24) is 16.0 Å². The van der Waals surface area contributed by atoms with Gasteiger partial charge < -0.3 is 5.32 Å². The minimum Gasteiger partial charge on any atom is -0.354 e. The van der Waals surface area contributed by atoms with Crippen LogP contribution in [0, 0.1) is 5.92 Å². The zero-order valence-corrected chi connectivity index (χ0v) is 11.1. The van der Waals surface area contributed by atoms with Crippen molar-refractivity contribution in [2.45, 2.75) is 45.7 Å². The van der Waals surface area contributed by atoms with Crippen LogP contribution in [0.15, 0.2) is 0 Å². The number of imide groups is 1. The number of hydrogen-bond donors (Lipinski definition) is 3. The molecule has 0 aliphatic carbocycles. The summed E-state index contributed by atoms with van der Waals surface area (Å²) in [6, 6.07) is -0.921. The Morgan fingerprint density at radius 1 is 1.39 bits per heavy atom. The van der Waals surface area contributed by atoms with Gasteiger partial charge in [0.15, 0.2) is 0 Å². The average molecular weight is 255 g/mol. The first-order valence-corrected chi connectivity index (χ1v) is 6.27. The van der Waals surface area contributed by atoms with Crippen molar-refractivity contribution in [2.24, 2.45) is 5.92 Å². The molecule has 0 saturated carbocycles. The number of rotatable bonds is 5. The predicted octanol–water partition coefficient (Wildman–Crippen LogP) is -0.458. The molecule has 0 radical (unpaired) electrons. The summed E-state index contributed by atoms with van der Waals surface area (Å²) in [5.74, 6) is -0.352. The van der Waals surface area contributed by atoms with Gasteiger partial charge in [-0.3, -0.25) is 25.0 Å². The van der Waals surface area contributed by atoms with Crippen LogP contribution in [-0.4, -0.2) is 36.3 Å². The lowest BCUT2D eigenvalue weighted by molar-refractivity contribution is -0.135. The fourth-order valence-electron chi connectivity index (χ4n) is 1.69. The maximum atomic E-state index is 11.7. The van der Waals surface area contributed by atoms with E-state index in [4.69, 9.17) is 0 Å². The second kappa shape index (κ2) is 6.49. The van der Waals surface area contributed by atoms with Gasteiger partial charge in [-0.15, -0.1) is 0 Å². The van der Waals surface area contributed by atoms with Crippen molar-refractivity contribution in [1.29, 1.82) is 0 Å². The molecule has 18 heavy (non-hydrogen) atoms. The monoisotopic (exact) mass is 255 g/mol. The lowest BCUT2D eigenvalue weighted by Gasteiger charge is -2.25. The van der Waals surface area contributed by atoms with Crippen LogP contribution in [0.2, 0.25) is 0 Å². The molecule has 2 unspecified atom stereocenters. The number of carbonyl (C=O) groups excluding carboxylic acids is 3. The van der Waals surface area contributed by atoms with E-state index in [0.717, 1.165) is 0 Å². The van der Waals surface area contributed by atoms with Crippen LogP contribution in [-0.2, 0) is 14.4 Å². The highest BCUT2D eigenvalue weighted by atomic mass is 16.2. The standard InChI is InChI=1S/C12H21N3O3/c1-7(2)6-13-11(17)8(3)14-9-4-5-10(16)15-12(9)18/h7-9,14H,4-6H2,1-3H3,(H,13,17)(H,15,16,18). The fourth-order valence-corrected chi connectivity index (χ4v) is 1.69. The lowest BCUT2D eigenvalue weighted by Crippen LogP contribution is -2.56. The summed E-state index contributed by atoms with van der Waals surface area (Å²) in [6.45, 7) is 6.34. The second-order valence-electron chi connectivity index (χ2n) is 5.03. The molecular weight excluding hydrogens is 234 g/mol. The van der Waals surface area contributed by atoms with Crippen LogP contribution in [0.5, 0.6) is 0 Å². The largest absolute Gasteiger partial charge is 0.354 e. The van der Waals surface area contributed by atoms with Crippen LogP contribution in [0.3, 0.4) is 0 Å². The van der Waals surface area contributed by atoms with E-state index in [2.05, 4.69) is 16.0 Å². The second-order valence-corrected chi connectivity index (χ2v) is 5.03. The van der Waals surface area contributed by atoms with Gasteiger partial charge in [-0.2, -0.15) is 0 Å². The molecule has 2 atom stereocenters. The SMILES string of the molecule is CC(C)CNC(=O)C(C)NC1CCC(=O)NC1=O. The summed E-state index contributed by atoms with van der Waals surface area (Å²) in [6.07, 6.45) is 0.746. The van der Waals surface area contributed by atoms with Gasteiger partial charge in [0.25, 0.3) is 0 Å². The Kier molecular flexibility index (Phi) is 5.27. The van der Waals surface area contributed by atoms with E-state index in [1.165, 1.54) is 0 Å². The van der Waals surface area contributed by atoms with Gasteiger partial charge >= 0.3 is 0 Å². The van der Waals surface area contributed by atoms with Gasteiger partial charge in [-0.25, -0.2) is 0 Å². The smallest absolute Gasteiger partial charge is 0.243 e. The van der Waals surface area contributed by atoms with Crippen LogP contribution < -0.4 is 16.0 Å². The van der Waals surface area contributed by atoms with E-state index < -0.39 is 12.1 Å². The summed E-state index contributed by atoms with van der Waals surface area (Å²) in [4.78, 5) is 34.2. The molecule has 1 aliphatic heterocycles. The molecule has 1 aliphatic rings. The van der Waals surface area contributed by atoms with Crippen LogP contribution in [0.4, 0.5) is 0 Å². The Hall–Kier alpha value is -1.43. The summed E-state index contributed by atoms with van der Waals surface area (Å²) in [5, 5.41) is 7.98. The minimum absolute atomic E-state index is 0.131. The Bertz CT molecular complexity index is 341. The third kappa shape index (κ3) is 4.44. The first-order valence-electron chi connectivity index (χ1n) is 6.27. The molecule has 1 saturated heterocycles. The predicted molar refractivity (Wildman–Crippen MR) is 66.6 cm³/mol. The summed E-state index contributed by atoms with van der Waals surface area (Å²) < 4.78 is 0. The molecule has 6 heteroatoms. The van der Waals surface area contributed by atoms with Crippen molar-refractivity contribution in [2.75, 3.05) is 6.54 Å². The molecule has 3 N–H and O–H groups in total. The number of nitrogens with one attached hydrogen (secondary N) is 3. The zero-order valence-electron chi connectivity index (χ0n) is 11.1. The molecule has 3 amide bonds. The summed E-state index contributed by atoms with van der Waals surface area (Å²) in [5.41, 5.74) is 0. The highest BCUT2D eigenvalue weighted by Gasteiger charge is 2.28. The van der Waals surface area contributed by atoms with Crippen LogP contribution >= 0.6 is 0 Å². The molecule has 1 fully saturated rings.